The summed E-state index contributed by atoms with van der Waals surface area (Å²) in [7, 11) is 0. The van der Waals surface area contributed by atoms with Gasteiger partial charge in [0.25, 0.3) is 0 Å². The molecule has 0 rings (SSSR count). The number of esters is 1. The summed E-state index contributed by atoms with van der Waals surface area (Å²) in [6.45, 7) is 4.99. The molecule has 0 saturated carbocycles. The number of rotatable bonds is 70. The van der Waals surface area contributed by atoms with Gasteiger partial charge in [-0.3, -0.25) is 9.59 Å². The molecule has 0 aliphatic rings. The molecule has 0 heterocycles. The van der Waals surface area contributed by atoms with Crippen LogP contribution in [0.1, 0.15) is 418 Å². The first-order valence-corrected chi connectivity index (χ1v) is 37.1. The topological polar surface area (TPSA) is 95.9 Å². The number of allylic oxidation sites excluding steroid dienone is 4. The third kappa shape index (κ3) is 67.3. The number of carbonyl (C=O) groups is 2. The van der Waals surface area contributed by atoms with Crippen LogP contribution in [0.3, 0.4) is 0 Å². The molecule has 2 unspecified atom stereocenters. The Hall–Kier alpha value is -1.66. The van der Waals surface area contributed by atoms with Gasteiger partial charge < -0.3 is 20.3 Å². The Labute approximate surface area is 507 Å². The van der Waals surface area contributed by atoms with Crippen molar-refractivity contribution in [2.24, 2.45) is 0 Å². The van der Waals surface area contributed by atoms with E-state index in [2.05, 4.69) is 43.5 Å². The molecule has 0 aromatic carbocycles. The highest BCUT2D eigenvalue weighted by molar-refractivity contribution is 5.76. The van der Waals surface area contributed by atoms with Crippen LogP contribution in [0.25, 0.3) is 0 Å². The third-order valence-corrected chi connectivity index (χ3v) is 17.5. The average molecular weight is 1140 g/mol. The van der Waals surface area contributed by atoms with Crippen molar-refractivity contribution in [3.05, 3.63) is 24.3 Å². The van der Waals surface area contributed by atoms with Gasteiger partial charge in [-0.25, -0.2) is 0 Å². The second-order valence-electron chi connectivity index (χ2n) is 25.6. The molecule has 0 radical (unpaired) electrons. The standard InChI is InChI=1S/C75H145NO5/c1-3-5-7-9-11-13-15-17-18-19-20-34-37-40-44-47-51-55-59-63-67-73(78)72(71-77)76-74(79)68-64-60-56-52-48-45-41-38-35-32-30-28-26-24-22-21-23-25-27-29-31-33-36-39-42-46-50-54-58-62-66-70-81-75(80)69-65-61-57-53-49-43-16-14-12-10-8-6-4-2/h23,25,29,31,72-73,77-78H,3-22,24,26-28,30,32-71H2,1-2H3,(H,76,79)/b25-23-,31-29-. The zero-order valence-corrected chi connectivity index (χ0v) is 55.0. The first kappa shape index (κ1) is 79.3. The Balaban J connectivity index is 3.39. The van der Waals surface area contributed by atoms with Crippen molar-refractivity contribution in [1.82, 2.24) is 5.32 Å². The van der Waals surface area contributed by atoms with E-state index in [1.807, 2.05) is 0 Å². The second-order valence-corrected chi connectivity index (χ2v) is 25.6. The van der Waals surface area contributed by atoms with Crippen molar-refractivity contribution in [3.63, 3.8) is 0 Å². The lowest BCUT2D eigenvalue weighted by molar-refractivity contribution is -0.143. The lowest BCUT2D eigenvalue weighted by Crippen LogP contribution is -2.45. The van der Waals surface area contributed by atoms with E-state index in [0.717, 1.165) is 44.9 Å². The normalized spacial score (nSPS) is 12.6. The van der Waals surface area contributed by atoms with Crippen molar-refractivity contribution >= 4 is 11.9 Å². The predicted molar refractivity (Wildman–Crippen MR) is 356 cm³/mol. The van der Waals surface area contributed by atoms with Crippen molar-refractivity contribution < 1.29 is 24.5 Å². The Morgan fingerprint density at radius 2 is 0.617 bits per heavy atom. The molecule has 0 aliphatic carbocycles. The van der Waals surface area contributed by atoms with Gasteiger partial charge >= 0.3 is 5.97 Å². The van der Waals surface area contributed by atoms with Gasteiger partial charge in [0.15, 0.2) is 0 Å². The van der Waals surface area contributed by atoms with Crippen LogP contribution in [-0.4, -0.2) is 47.4 Å². The van der Waals surface area contributed by atoms with Crippen LogP contribution in [-0.2, 0) is 14.3 Å². The lowest BCUT2D eigenvalue weighted by atomic mass is 10.0. The van der Waals surface area contributed by atoms with Gasteiger partial charge in [-0.15, -0.1) is 0 Å². The molecule has 6 nitrogen and oxygen atoms in total. The van der Waals surface area contributed by atoms with Crippen LogP contribution < -0.4 is 5.32 Å². The van der Waals surface area contributed by atoms with E-state index in [4.69, 9.17) is 4.74 Å². The molecule has 0 fully saturated rings. The number of carbonyl (C=O) groups excluding carboxylic acids is 2. The van der Waals surface area contributed by atoms with Crippen LogP contribution in [0.5, 0.6) is 0 Å². The molecule has 0 bridgehead atoms. The van der Waals surface area contributed by atoms with Crippen LogP contribution in [0.15, 0.2) is 24.3 Å². The molecule has 0 aliphatic heterocycles. The summed E-state index contributed by atoms with van der Waals surface area (Å²) in [5.41, 5.74) is 0. The number of amides is 1. The minimum absolute atomic E-state index is 0.0155. The van der Waals surface area contributed by atoms with Crippen LogP contribution in [0, 0.1) is 0 Å². The quantitative estimate of drug-likeness (QED) is 0.0320. The zero-order chi connectivity index (χ0) is 58.5. The Morgan fingerprint density at radius 1 is 0.346 bits per heavy atom. The van der Waals surface area contributed by atoms with Gasteiger partial charge in [-0.2, -0.15) is 0 Å². The highest BCUT2D eigenvalue weighted by Gasteiger charge is 2.20. The molecule has 480 valence electrons. The molecular weight excluding hydrogens is 995 g/mol. The van der Waals surface area contributed by atoms with E-state index in [1.54, 1.807) is 0 Å². The van der Waals surface area contributed by atoms with Gasteiger partial charge in [0, 0.05) is 12.8 Å². The maximum atomic E-state index is 12.5. The summed E-state index contributed by atoms with van der Waals surface area (Å²) < 4.78 is 5.49. The molecule has 6 heteroatoms. The van der Waals surface area contributed by atoms with Crippen molar-refractivity contribution in [2.45, 2.75) is 431 Å². The maximum absolute atomic E-state index is 12.5. The minimum Gasteiger partial charge on any atom is -0.466 e. The molecule has 0 saturated heterocycles. The smallest absolute Gasteiger partial charge is 0.305 e. The van der Waals surface area contributed by atoms with Gasteiger partial charge in [-0.05, 0) is 57.8 Å². The van der Waals surface area contributed by atoms with Gasteiger partial charge in [0.2, 0.25) is 5.91 Å². The molecule has 1 amide bonds. The monoisotopic (exact) mass is 1140 g/mol. The van der Waals surface area contributed by atoms with E-state index >= 15 is 0 Å². The number of nitrogens with one attached hydrogen (secondary N) is 1. The average Bonchev–Trinajstić information content (AvgIpc) is 3.47. The van der Waals surface area contributed by atoms with E-state index in [-0.39, 0.29) is 18.5 Å². The number of hydrogen-bond acceptors (Lipinski definition) is 5. The second kappa shape index (κ2) is 70.8. The molecular formula is C75H145NO5. The number of ether oxygens (including phenoxy) is 1. The summed E-state index contributed by atoms with van der Waals surface area (Å²) >= 11 is 0. The Bertz CT molecular complexity index is 1270. The number of hydrogen-bond donors (Lipinski definition) is 3. The highest BCUT2D eigenvalue weighted by Crippen LogP contribution is 2.19. The highest BCUT2D eigenvalue weighted by atomic mass is 16.5. The maximum Gasteiger partial charge on any atom is 0.305 e. The van der Waals surface area contributed by atoms with Crippen molar-refractivity contribution in [1.29, 1.82) is 0 Å². The molecule has 0 aromatic heterocycles. The van der Waals surface area contributed by atoms with Crippen LogP contribution in [0.2, 0.25) is 0 Å². The largest absolute Gasteiger partial charge is 0.466 e. The summed E-state index contributed by atoms with van der Waals surface area (Å²) in [5.74, 6) is -0.0142. The van der Waals surface area contributed by atoms with Crippen molar-refractivity contribution in [2.75, 3.05) is 13.2 Å². The summed E-state index contributed by atoms with van der Waals surface area (Å²) in [5, 5.41) is 23.4. The van der Waals surface area contributed by atoms with E-state index in [9.17, 15) is 19.8 Å². The van der Waals surface area contributed by atoms with E-state index in [0.29, 0.717) is 25.9 Å². The van der Waals surface area contributed by atoms with Gasteiger partial charge in [-0.1, -0.05) is 372 Å². The molecule has 0 aromatic rings. The van der Waals surface area contributed by atoms with Crippen LogP contribution in [0.4, 0.5) is 0 Å². The molecule has 3 N–H and O–H groups in total. The fourth-order valence-electron chi connectivity index (χ4n) is 11.9. The fraction of sp³-hybridized carbons (Fsp3) is 0.920. The van der Waals surface area contributed by atoms with E-state index in [1.165, 1.54) is 340 Å². The minimum atomic E-state index is -0.665. The summed E-state index contributed by atoms with van der Waals surface area (Å²) in [6, 6.07) is -0.542. The van der Waals surface area contributed by atoms with Gasteiger partial charge in [0.1, 0.15) is 0 Å². The first-order valence-electron chi connectivity index (χ1n) is 37.1. The van der Waals surface area contributed by atoms with Gasteiger partial charge in [0.05, 0.1) is 25.4 Å². The van der Waals surface area contributed by atoms with E-state index < -0.39 is 12.1 Å². The first-order chi connectivity index (χ1) is 40.0. The van der Waals surface area contributed by atoms with Crippen LogP contribution >= 0.6 is 0 Å². The Morgan fingerprint density at radius 3 is 0.938 bits per heavy atom. The predicted octanol–water partition coefficient (Wildman–Crippen LogP) is 24.1. The number of unbranched alkanes of at least 4 members (excludes halogenated alkanes) is 55. The zero-order valence-electron chi connectivity index (χ0n) is 55.0. The molecule has 0 spiro atoms. The van der Waals surface area contributed by atoms with Crippen molar-refractivity contribution in [3.8, 4) is 0 Å². The third-order valence-electron chi connectivity index (χ3n) is 17.5. The fourth-order valence-corrected chi connectivity index (χ4v) is 11.9. The number of aliphatic hydroxyl groups excluding tert-OH is 2. The summed E-state index contributed by atoms with van der Waals surface area (Å²) in [6.07, 6.45) is 89.6. The summed E-state index contributed by atoms with van der Waals surface area (Å²) in [4.78, 5) is 24.6. The SMILES string of the molecule is CCCCCCCCCCCCCCCCCCCCCCC(O)C(CO)NC(=O)CCCCCCCCCCCCCCCCC/C=C\C/C=C\CCCCCCCCCCCOC(=O)CCCCCCCCCCCCCCC. The molecule has 2 atom stereocenters. The molecule has 81 heavy (non-hydrogen) atoms. The Kier molecular flexibility index (Phi) is 69.4. The number of aliphatic hydroxyl groups is 2. The lowest BCUT2D eigenvalue weighted by Gasteiger charge is -2.22.